The summed E-state index contributed by atoms with van der Waals surface area (Å²) in [6, 6.07) is 12.5. The second kappa shape index (κ2) is 7.96. The third-order valence-electron chi connectivity index (χ3n) is 4.58. The van der Waals surface area contributed by atoms with E-state index in [1.54, 1.807) is 19.2 Å². The van der Waals surface area contributed by atoms with Gasteiger partial charge in [0.2, 0.25) is 0 Å². The van der Waals surface area contributed by atoms with Gasteiger partial charge in [-0.15, -0.1) is 11.3 Å². The Bertz CT molecular complexity index is 1240. The second-order valence-corrected chi connectivity index (χ2v) is 7.30. The molecule has 0 fully saturated rings. The average molecular weight is 422 g/mol. The molecular formula is C21H18N4O4S. The lowest BCUT2D eigenvalue weighted by Crippen LogP contribution is -2.00. The SMILES string of the molecule is COc1ccc(-c2csc3nc(C)nc(Nc4ccc(OC)c([N+](=O)[O-])c4)c23)cc1. The number of nitrogens with zero attached hydrogens (tertiary/aromatic N) is 3. The van der Waals surface area contributed by atoms with Crippen LogP contribution < -0.4 is 14.8 Å². The van der Waals surface area contributed by atoms with E-state index in [4.69, 9.17) is 9.47 Å². The van der Waals surface area contributed by atoms with E-state index in [-0.39, 0.29) is 11.4 Å². The molecule has 2 aromatic heterocycles. The second-order valence-electron chi connectivity index (χ2n) is 6.45. The summed E-state index contributed by atoms with van der Waals surface area (Å²) in [7, 11) is 3.03. The smallest absolute Gasteiger partial charge is 0.312 e. The Morgan fingerprint density at radius 2 is 1.83 bits per heavy atom. The molecule has 30 heavy (non-hydrogen) atoms. The van der Waals surface area contributed by atoms with Gasteiger partial charge in [0.1, 0.15) is 22.2 Å². The van der Waals surface area contributed by atoms with Gasteiger partial charge in [0.25, 0.3) is 0 Å². The number of fused-ring (bicyclic) bond motifs is 1. The molecule has 0 spiro atoms. The standard InChI is InChI=1S/C21H18N4O4S/c1-12-22-20(24-14-6-9-18(29-3)17(10-14)25(26)27)19-16(11-30-21(19)23-12)13-4-7-15(28-2)8-5-13/h4-11H,1-3H3,(H,22,23,24). The van der Waals surface area contributed by atoms with Gasteiger partial charge in [0, 0.05) is 22.7 Å². The number of thiophene rings is 1. The molecule has 0 bridgehead atoms. The van der Waals surface area contributed by atoms with Crippen LogP contribution in [0.4, 0.5) is 17.2 Å². The number of rotatable bonds is 6. The first-order chi connectivity index (χ1) is 14.5. The largest absolute Gasteiger partial charge is 0.497 e. The predicted octanol–water partition coefficient (Wildman–Crippen LogP) is 5.34. The third kappa shape index (κ3) is 3.62. The molecule has 1 N–H and O–H groups in total. The molecule has 4 aromatic rings. The Morgan fingerprint density at radius 1 is 1.07 bits per heavy atom. The average Bonchev–Trinajstić information content (AvgIpc) is 3.17. The number of nitrogens with one attached hydrogen (secondary N) is 1. The molecule has 4 rings (SSSR count). The highest BCUT2D eigenvalue weighted by molar-refractivity contribution is 7.17. The van der Waals surface area contributed by atoms with Crippen molar-refractivity contribution in [2.24, 2.45) is 0 Å². The number of hydrogen-bond donors (Lipinski definition) is 1. The highest BCUT2D eigenvalue weighted by atomic mass is 32.1. The monoisotopic (exact) mass is 422 g/mol. The van der Waals surface area contributed by atoms with Crippen LogP contribution in [0.2, 0.25) is 0 Å². The third-order valence-corrected chi connectivity index (χ3v) is 5.46. The number of aryl methyl sites for hydroxylation is 1. The Morgan fingerprint density at radius 3 is 2.50 bits per heavy atom. The van der Waals surface area contributed by atoms with Crippen molar-refractivity contribution in [3.63, 3.8) is 0 Å². The van der Waals surface area contributed by atoms with E-state index in [0.29, 0.717) is 17.3 Å². The number of ether oxygens (including phenoxy) is 2. The fraction of sp³-hybridized carbons (Fsp3) is 0.143. The van der Waals surface area contributed by atoms with E-state index in [0.717, 1.165) is 27.1 Å². The normalized spacial score (nSPS) is 10.8. The van der Waals surface area contributed by atoms with Gasteiger partial charge in [-0.1, -0.05) is 12.1 Å². The fourth-order valence-electron chi connectivity index (χ4n) is 3.17. The molecule has 0 atom stereocenters. The fourth-order valence-corrected chi connectivity index (χ4v) is 4.16. The first-order valence-electron chi connectivity index (χ1n) is 9.00. The molecule has 0 aliphatic rings. The number of nitro groups is 1. The maximum atomic E-state index is 11.4. The van der Waals surface area contributed by atoms with Crippen molar-refractivity contribution < 1.29 is 14.4 Å². The summed E-state index contributed by atoms with van der Waals surface area (Å²) in [4.78, 5) is 20.8. The van der Waals surface area contributed by atoms with Gasteiger partial charge in [-0.3, -0.25) is 10.1 Å². The lowest BCUT2D eigenvalue weighted by atomic mass is 10.1. The molecule has 152 valence electrons. The number of nitro benzene ring substituents is 1. The van der Waals surface area contributed by atoms with E-state index in [2.05, 4.69) is 15.3 Å². The Kier molecular flexibility index (Phi) is 5.20. The van der Waals surface area contributed by atoms with E-state index >= 15 is 0 Å². The molecule has 0 unspecified atom stereocenters. The molecule has 8 nitrogen and oxygen atoms in total. The maximum absolute atomic E-state index is 11.4. The van der Waals surface area contributed by atoms with Crippen molar-refractivity contribution >= 4 is 38.7 Å². The summed E-state index contributed by atoms with van der Waals surface area (Å²) >= 11 is 1.52. The molecule has 2 aromatic carbocycles. The van der Waals surface area contributed by atoms with Crippen LogP contribution in [-0.4, -0.2) is 29.1 Å². The van der Waals surface area contributed by atoms with Gasteiger partial charge in [0.15, 0.2) is 5.75 Å². The zero-order valence-corrected chi connectivity index (χ0v) is 17.3. The van der Waals surface area contributed by atoms with Crippen LogP contribution in [0, 0.1) is 17.0 Å². The highest BCUT2D eigenvalue weighted by Gasteiger charge is 2.18. The van der Waals surface area contributed by atoms with E-state index in [1.165, 1.54) is 24.5 Å². The molecule has 0 saturated heterocycles. The topological polar surface area (TPSA) is 99.4 Å². The van der Waals surface area contributed by atoms with Crippen molar-refractivity contribution in [1.82, 2.24) is 9.97 Å². The first-order valence-corrected chi connectivity index (χ1v) is 9.88. The van der Waals surface area contributed by atoms with Crippen LogP contribution in [0.5, 0.6) is 11.5 Å². The van der Waals surface area contributed by atoms with E-state index in [1.807, 2.05) is 36.6 Å². The zero-order chi connectivity index (χ0) is 21.3. The summed E-state index contributed by atoms with van der Waals surface area (Å²) in [6.07, 6.45) is 0. The van der Waals surface area contributed by atoms with Crippen LogP contribution in [0.15, 0.2) is 47.8 Å². The molecule has 0 saturated carbocycles. The van der Waals surface area contributed by atoms with Crippen LogP contribution in [0.1, 0.15) is 5.82 Å². The van der Waals surface area contributed by atoms with Gasteiger partial charge in [0.05, 0.1) is 24.5 Å². The number of anilines is 2. The van der Waals surface area contributed by atoms with Gasteiger partial charge in [-0.2, -0.15) is 0 Å². The van der Waals surface area contributed by atoms with Crippen LogP contribution >= 0.6 is 11.3 Å². The van der Waals surface area contributed by atoms with Crippen LogP contribution in [-0.2, 0) is 0 Å². The molecule has 0 radical (unpaired) electrons. The quantitative estimate of drug-likeness (QED) is 0.331. The number of methoxy groups -OCH3 is 2. The van der Waals surface area contributed by atoms with E-state index in [9.17, 15) is 10.1 Å². The van der Waals surface area contributed by atoms with Crippen LogP contribution in [0.3, 0.4) is 0 Å². The molecule has 0 aliphatic heterocycles. The minimum absolute atomic E-state index is 0.120. The van der Waals surface area contributed by atoms with Gasteiger partial charge in [-0.05, 0) is 36.8 Å². The van der Waals surface area contributed by atoms with Crippen molar-refractivity contribution in [3.8, 4) is 22.6 Å². The lowest BCUT2D eigenvalue weighted by Gasteiger charge is -2.11. The highest BCUT2D eigenvalue weighted by Crippen LogP contribution is 2.39. The summed E-state index contributed by atoms with van der Waals surface area (Å²) < 4.78 is 10.3. The number of hydrogen-bond acceptors (Lipinski definition) is 8. The number of benzene rings is 2. The van der Waals surface area contributed by atoms with Gasteiger partial charge in [-0.25, -0.2) is 9.97 Å². The van der Waals surface area contributed by atoms with Crippen molar-refractivity contribution in [1.29, 1.82) is 0 Å². The summed E-state index contributed by atoms with van der Waals surface area (Å²) in [5.74, 6) is 2.17. The Balaban J connectivity index is 1.82. The van der Waals surface area contributed by atoms with Crippen LogP contribution in [0.25, 0.3) is 21.3 Å². The molecule has 2 heterocycles. The number of aromatic nitrogens is 2. The molecule has 9 heteroatoms. The summed E-state index contributed by atoms with van der Waals surface area (Å²) in [6.45, 7) is 1.81. The first kappa shape index (κ1) is 19.6. The van der Waals surface area contributed by atoms with Crippen molar-refractivity contribution in [2.75, 3.05) is 19.5 Å². The van der Waals surface area contributed by atoms with Crippen molar-refractivity contribution in [2.45, 2.75) is 6.92 Å². The minimum atomic E-state index is -0.474. The molecular weight excluding hydrogens is 404 g/mol. The Labute approximate surface area is 176 Å². The lowest BCUT2D eigenvalue weighted by molar-refractivity contribution is -0.385. The predicted molar refractivity (Wildman–Crippen MR) is 117 cm³/mol. The molecule has 0 amide bonds. The molecule has 0 aliphatic carbocycles. The van der Waals surface area contributed by atoms with Crippen molar-refractivity contribution in [3.05, 3.63) is 63.8 Å². The maximum Gasteiger partial charge on any atom is 0.312 e. The Hall–Kier alpha value is -3.72. The zero-order valence-electron chi connectivity index (χ0n) is 16.5. The minimum Gasteiger partial charge on any atom is -0.497 e. The van der Waals surface area contributed by atoms with Gasteiger partial charge < -0.3 is 14.8 Å². The van der Waals surface area contributed by atoms with E-state index < -0.39 is 4.92 Å². The summed E-state index contributed by atoms with van der Waals surface area (Å²) in [5, 5.41) is 17.5. The van der Waals surface area contributed by atoms with Gasteiger partial charge >= 0.3 is 5.69 Å². The summed E-state index contributed by atoms with van der Waals surface area (Å²) in [5.41, 5.74) is 2.39.